The number of aryl methyl sites for hydroxylation is 3. The molecular weight excluding hydrogens is 1890 g/mol. The number of benzene rings is 16. The minimum Gasteiger partial charge on any atom is -0.310 e. The van der Waals surface area contributed by atoms with Gasteiger partial charge in [-0.05, 0) is 271 Å². The SMILES string of the molecule is Cc1cc(S(=O)(=O)c2ccccc2)nc(C)c1-n1c2ccccc2c2ccccc21.Cc1cc(S(=O)(=O)c2ccccn2)ccc1N1c2ccc(-c3ccccc3)cc2C(C)(C)c2cc(-c3ccccc3)ccc21.[C-]#[N+]c1cc(-c2cccc(S(=O)(=O)c3ccccc3)n2)cc(-n2c3ccccc3c3ccccc32)c1.[C-]#[N+]c1cc(-c2cccc(S(=O)(=O)c3ccccc3)n2)cc(-n2c3ccccc3c3ccccc32)c1. The third kappa shape index (κ3) is 17.6. The summed E-state index contributed by atoms with van der Waals surface area (Å²) < 4.78 is 112. The molecule has 0 spiro atoms. The summed E-state index contributed by atoms with van der Waals surface area (Å²) in [5.41, 5.74) is 24.3. The summed E-state index contributed by atoms with van der Waals surface area (Å²) in [6.07, 6.45) is 1.50. The van der Waals surface area contributed by atoms with Crippen molar-refractivity contribution in [2.75, 3.05) is 4.90 Å². The molecule has 24 rings (SSSR count). The minimum absolute atomic E-state index is 0.0298. The Bertz CT molecular complexity index is 9120. The summed E-state index contributed by atoms with van der Waals surface area (Å²) in [6.45, 7) is 25.8. The number of aromatic nitrogens is 7. The zero-order valence-corrected chi connectivity index (χ0v) is 82.9. The number of hydrogen-bond acceptors (Lipinski definition) is 13. The number of sulfone groups is 4. The van der Waals surface area contributed by atoms with Crippen LogP contribution in [0.5, 0.6) is 0 Å². The molecule has 7 aromatic heterocycles. The molecule has 0 amide bonds. The monoisotopic (exact) mass is 1970 g/mol. The quantitative estimate of drug-likeness (QED) is 0.0824. The molecule has 1 aliphatic rings. The first kappa shape index (κ1) is 94.3. The second-order valence-electron chi connectivity index (χ2n) is 36.0. The molecule has 22 heteroatoms. The average Bonchev–Trinajstić information content (AvgIpc) is 1.42. The summed E-state index contributed by atoms with van der Waals surface area (Å²) in [4.78, 5) is 28.2. The van der Waals surface area contributed by atoms with E-state index < -0.39 is 39.3 Å². The second kappa shape index (κ2) is 38.8. The van der Waals surface area contributed by atoms with Crippen LogP contribution in [0.15, 0.2) is 495 Å². The first-order valence-electron chi connectivity index (χ1n) is 47.2. The molecule has 16 aromatic carbocycles. The van der Waals surface area contributed by atoms with E-state index in [2.05, 4.69) is 220 Å². The van der Waals surface area contributed by atoms with E-state index in [1.165, 1.54) is 46.6 Å². The molecule has 23 aromatic rings. The Morgan fingerprint density at radius 3 is 0.959 bits per heavy atom. The van der Waals surface area contributed by atoms with E-state index in [4.69, 9.17) is 13.1 Å². The van der Waals surface area contributed by atoms with Crippen LogP contribution in [0, 0.1) is 33.9 Å². The lowest BCUT2D eigenvalue weighted by Gasteiger charge is -2.43. The fourth-order valence-corrected chi connectivity index (χ4v) is 24.7. The summed E-state index contributed by atoms with van der Waals surface area (Å²) in [7, 11) is -15.0. The van der Waals surface area contributed by atoms with Gasteiger partial charge in [-0.1, -0.05) is 269 Å². The van der Waals surface area contributed by atoms with E-state index in [0.717, 1.165) is 122 Å². The van der Waals surface area contributed by atoms with Gasteiger partial charge in [-0.3, -0.25) is 0 Å². The highest BCUT2D eigenvalue weighted by atomic mass is 32.2. The molecule has 0 fully saturated rings. The Hall–Kier alpha value is -17.9. The number of pyridine rings is 4. The predicted octanol–water partition coefficient (Wildman–Crippen LogP) is 29.8. The largest absolute Gasteiger partial charge is 0.310 e. The van der Waals surface area contributed by atoms with Crippen LogP contribution in [-0.2, 0) is 44.8 Å². The lowest BCUT2D eigenvalue weighted by atomic mass is 9.72. The van der Waals surface area contributed by atoms with Crippen LogP contribution >= 0.6 is 0 Å². The van der Waals surface area contributed by atoms with Gasteiger partial charge in [-0.25, -0.2) is 63.3 Å². The Morgan fingerprint density at radius 2 is 0.596 bits per heavy atom. The molecule has 18 nitrogen and oxygen atoms in total. The molecule has 1 aliphatic heterocycles. The number of hydrogen-bond donors (Lipinski definition) is 0. The van der Waals surface area contributed by atoms with E-state index in [1.807, 2.05) is 136 Å². The summed E-state index contributed by atoms with van der Waals surface area (Å²) >= 11 is 0. The molecule has 0 saturated carbocycles. The fraction of sp³-hybridized carbons (Fsp3) is 0.0484. The molecule has 0 bridgehead atoms. The Balaban J connectivity index is 0.000000115. The third-order valence-corrected chi connectivity index (χ3v) is 33.2. The summed E-state index contributed by atoms with van der Waals surface area (Å²) in [5, 5.41) is 6.87. The molecule has 708 valence electrons. The van der Waals surface area contributed by atoms with Gasteiger partial charge in [0.25, 0.3) is 0 Å². The van der Waals surface area contributed by atoms with Gasteiger partial charge in [0.1, 0.15) is 0 Å². The van der Waals surface area contributed by atoms with E-state index in [9.17, 15) is 33.7 Å². The first-order valence-corrected chi connectivity index (χ1v) is 53.1. The molecule has 0 atom stereocenters. The van der Waals surface area contributed by atoms with E-state index in [-0.39, 0.29) is 45.1 Å². The van der Waals surface area contributed by atoms with Crippen molar-refractivity contribution in [3.8, 4) is 61.8 Å². The maximum Gasteiger partial charge on any atom is 0.223 e. The lowest BCUT2D eigenvalue weighted by molar-refractivity contribution is 0.590. The van der Waals surface area contributed by atoms with Crippen LogP contribution in [0.1, 0.15) is 41.8 Å². The van der Waals surface area contributed by atoms with Crippen LogP contribution < -0.4 is 4.90 Å². The highest BCUT2D eigenvalue weighted by molar-refractivity contribution is 7.92. The van der Waals surface area contributed by atoms with Gasteiger partial charge >= 0.3 is 0 Å². The number of anilines is 3. The average molecular weight is 1980 g/mol. The van der Waals surface area contributed by atoms with E-state index >= 15 is 0 Å². The maximum atomic E-state index is 13.4. The molecule has 8 heterocycles. The molecule has 0 unspecified atom stereocenters. The van der Waals surface area contributed by atoms with Crippen LogP contribution in [0.2, 0.25) is 0 Å². The van der Waals surface area contributed by atoms with Gasteiger partial charge in [-0.2, -0.15) is 0 Å². The Morgan fingerprint density at radius 1 is 0.260 bits per heavy atom. The molecule has 146 heavy (non-hydrogen) atoms. The highest BCUT2D eigenvalue weighted by Gasteiger charge is 2.39. The topological polar surface area (TPSA) is 215 Å². The van der Waals surface area contributed by atoms with Crippen molar-refractivity contribution in [3.05, 3.63) is 506 Å². The molecule has 0 radical (unpaired) electrons. The maximum absolute atomic E-state index is 13.4. The van der Waals surface area contributed by atoms with E-state index in [0.29, 0.717) is 39.6 Å². The number of nitrogens with zero attached hydrogens (tertiary/aromatic N) is 10. The highest BCUT2D eigenvalue weighted by Crippen LogP contribution is 2.55. The van der Waals surface area contributed by atoms with Crippen molar-refractivity contribution in [2.45, 2.75) is 79.7 Å². The van der Waals surface area contributed by atoms with Gasteiger partial charge < -0.3 is 18.6 Å². The van der Waals surface area contributed by atoms with E-state index in [1.54, 1.807) is 158 Å². The standard InChI is InChI=1S/C39H32N2O2S.2C30H19N3O2S.C25H20N2O2S/c1-27-24-32(44(42,43)38-16-10-11-23-40-38)19-22-35(27)41-36-20-17-30(28-12-6-4-7-13-28)25-33(36)39(2,3)34-26-31(18-21-37(34)41)29-14-8-5-9-15-29;2*1-31-22-18-21(27-14-9-17-30(32-27)36(34,35)24-10-3-2-4-11-24)19-23(20-22)33-28-15-7-5-12-25(28)26-13-6-8-16-29(26)33;1-17-16-24(30(28,29)19-10-4-3-5-11-19)26-18(2)25(17)27-22-14-8-6-12-20(22)21-13-7-9-15-23(21)27/h4-26H,1-3H3;2*2-20H;3-16H,1-2H3. The number of para-hydroxylation sites is 6. The van der Waals surface area contributed by atoms with Gasteiger partial charge in [0, 0.05) is 61.0 Å². The minimum atomic E-state index is -3.77. The fourth-order valence-electron chi connectivity index (χ4n) is 19.6. The molecule has 0 aliphatic carbocycles. The zero-order valence-electron chi connectivity index (χ0n) is 79.7. The van der Waals surface area contributed by atoms with Crippen LogP contribution in [0.4, 0.5) is 28.4 Å². The zero-order chi connectivity index (χ0) is 101. The summed E-state index contributed by atoms with van der Waals surface area (Å²) in [6, 6.07) is 141. The third-order valence-electron chi connectivity index (χ3n) is 26.6. The van der Waals surface area contributed by atoms with Gasteiger partial charge in [0.05, 0.1) is 100.0 Å². The van der Waals surface area contributed by atoms with Crippen LogP contribution in [0.25, 0.3) is 137 Å². The van der Waals surface area contributed by atoms with Crippen LogP contribution in [-0.4, -0.2) is 67.3 Å². The van der Waals surface area contributed by atoms with Crippen molar-refractivity contribution >= 4 is 133 Å². The van der Waals surface area contributed by atoms with Crippen molar-refractivity contribution in [3.63, 3.8) is 0 Å². The van der Waals surface area contributed by atoms with Crippen LogP contribution in [0.3, 0.4) is 0 Å². The smallest absolute Gasteiger partial charge is 0.223 e. The summed E-state index contributed by atoms with van der Waals surface area (Å²) in [5.74, 6) is 0. The van der Waals surface area contributed by atoms with Gasteiger partial charge in [0.2, 0.25) is 39.3 Å². The van der Waals surface area contributed by atoms with Gasteiger partial charge in [-0.15, -0.1) is 0 Å². The second-order valence-corrected chi connectivity index (χ2v) is 43.6. The first-order chi connectivity index (χ1) is 70.8. The number of rotatable bonds is 16. The van der Waals surface area contributed by atoms with Gasteiger partial charge in [0.15, 0.2) is 31.5 Å². The van der Waals surface area contributed by atoms with Crippen molar-refractivity contribution < 1.29 is 33.7 Å². The Labute approximate surface area is 846 Å². The van der Waals surface area contributed by atoms with Crippen molar-refractivity contribution in [1.82, 2.24) is 33.6 Å². The predicted molar refractivity (Wildman–Crippen MR) is 583 cm³/mol. The molecular formula is C124H90N10O8S4. The normalized spacial score (nSPS) is 12.3. The Kier molecular flexibility index (Phi) is 25.1. The van der Waals surface area contributed by atoms with Crippen molar-refractivity contribution in [2.24, 2.45) is 0 Å². The molecule has 0 saturated heterocycles. The molecule has 0 N–H and O–H groups in total. The lowest BCUT2D eigenvalue weighted by Crippen LogP contribution is -2.31. The number of fused-ring (bicyclic) bond motifs is 11. The van der Waals surface area contributed by atoms with Crippen molar-refractivity contribution in [1.29, 1.82) is 0 Å².